The number of para-hydroxylation sites is 1. The largest absolute Gasteiger partial charge is 0.497 e. The predicted octanol–water partition coefficient (Wildman–Crippen LogP) is 2.98. The summed E-state index contributed by atoms with van der Waals surface area (Å²) in [6.45, 7) is 0. The number of methoxy groups -OCH3 is 1. The summed E-state index contributed by atoms with van der Waals surface area (Å²) >= 11 is 0. The van der Waals surface area contributed by atoms with Crippen LogP contribution >= 0.6 is 0 Å². The number of ether oxygens (including phenoxy) is 2. The van der Waals surface area contributed by atoms with E-state index >= 15 is 0 Å². The number of hydrogen-bond acceptors (Lipinski definition) is 4. The van der Waals surface area contributed by atoms with E-state index in [1.165, 1.54) is 0 Å². The van der Waals surface area contributed by atoms with Crippen LogP contribution in [0.2, 0.25) is 0 Å². The van der Waals surface area contributed by atoms with Gasteiger partial charge in [0.2, 0.25) is 0 Å². The smallest absolute Gasteiger partial charge is 0.342 e. The number of carbonyl (C=O) groups excluding carboxylic acids is 1. The number of anilines is 1. The molecule has 0 aliphatic carbocycles. The van der Waals surface area contributed by atoms with Crippen LogP contribution in [0.25, 0.3) is 0 Å². The molecule has 1 atom stereocenters. The van der Waals surface area contributed by atoms with E-state index < -0.39 is 6.23 Å². The first-order chi connectivity index (χ1) is 9.28. The molecule has 1 heterocycles. The van der Waals surface area contributed by atoms with Crippen LogP contribution in [0, 0.1) is 0 Å². The van der Waals surface area contributed by atoms with Gasteiger partial charge in [0.1, 0.15) is 5.75 Å². The van der Waals surface area contributed by atoms with Crippen molar-refractivity contribution in [2.75, 3.05) is 12.4 Å². The van der Waals surface area contributed by atoms with Crippen molar-refractivity contribution in [2.24, 2.45) is 0 Å². The Labute approximate surface area is 111 Å². The Kier molecular flexibility index (Phi) is 2.83. The lowest BCUT2D eigenvalue weighted by Crippen LogP contribution is -2.25. The summed E-state index contributed by atoms with van der Waals surface area (Å²) in [6, 6.07) is 14.7. The fourth-order valence-corrected chi connectivity index (χ4v) is 2.06. The highest BCUT2D eigenvalue weighted by atomic mass is 16.6. The van der Waals surface area contributed by atoms with Crippen LogP contribution in [0.4, 0.5) is 5.69 Å². The highest BCUT2D eigenvalue weighted by molar-refractivity contribution is 5.97. The number of fused-ring (bicyclic) bond motifs is 1. The lowest BCUT2D eigenvalue weighted by atomic mass is 10.1. The number of hydrogen-bond donors (Lipinski definition) is 1. The Morgan fingerprint density at radius 1 is 1.11 bits per heavy atom. The third-order valence-corrected chi connectivity index (χ3v) is 3.08. The summed E-state index contributed by atoms with van der Waals surface area (Å²) in [4.78, 5) is 11.9. The average Bonchev–Trinajstić information content (AvgIpc) is 2.47. The molecule has 0 saturated carbocycles. The SMILES string of the molecule is COc1ccc([C@H]2Nc3ccccc3C(=O)O2)cc1. The lowest BCUT2D eigenvalue weighted by molar-refractivity contribution is 0.0330. The Morgan fingerprint density at radius 2 is 1.84 bits per heavy atom. The monoisotopic (exact) mass is 255 g/mol. The van der Waals surface area contributed by atoms with E-state index in [9.17, 15) is 4.79 Å². The van der Waals surface area contributed by atoms with Gasteiger partial charge in [0.05, 0.1) is 18.4 Å². The molecule has 4 nitrogen and oxygen atoms in total. The van der Waals surface area contributed by atoms with Gasteiger partial charge in [0.15, 0.2) is 6.23 Å². The van der Waals surface area contributed by atoms with Crippen molar-refractivity contribution >= 4 is 11.7 Å². The second-order valence-electron chi connectivity index (χ2n) is 4.25. The van der Waals surface area contributed by atoms with Crippen molar-refractivity contribution in [1.82, 2.24) is 0 Å². The number of esters is 1. The van der Waals surface area contributed by atoms with E-state index in [0.717, 1.165) is 17.0 Å². The molecule has 0 aromatic heterocycles. The van der Waals surface area contributed by atoms with Crippen molar-refractivity contribution in [2.45, 2.75) is 6.23 Å². The Balaban J connectivity index is 1.90. The van der Waals surface area contributed by atoms with E-state index in [0.29, 0.717) is 5.56 Å². The van der Waals surface area contributed by atoms with Crippen molar-refractivity contribution in [3.05, 3.63) is 59.7 Å². The first kappa shape index (κ1) is 11.6. The summed E-state index contributed by atoms with van der Waals surface area (Å²) in [5.74, 6) is 0.460. The number of rotatable bonds is 2. The van der Waals surface area contributed by atoms with Crippen LogP contribution in [0.3, 0.4) is 0 Å². The van der Waals surface area contributed by atoms with E-state index in [-0.39, 0.29) is 5.97 Å². The maximum Gasteiger partial charge on any atom is 0.342 e. The molecule has 0 spiro atoms. The predicted molar refractivity (Wildman–Crippen MR) is 71.2 cm³/mol. The first-order valence-corrected chi connectivity index (χ1v) is 5.98. The van der Waals surface area contributed by atoms with E-state index in [1.807, 2.05) is 42.5 Å². The van der Waals surface area contributed by atoms with Gasteiger partial charge in [-0.05, 0) is 36.4 Å². The summed E-state index contributed by atoms with van der Waals surface area (Å²) < 4.78 is 10.5. The molecular formula is C15H13NO3. The number of carbonyl (C=O) groups is 1. The minimum absolute atomic E-state index is 0.310. The molecule has 0 radical (unpaired) electrons. The molecule has 2 aromatic carbocycles. The summed E-state index contributed by atoms with van der Waals surface area (Å²) in [7, 11) is 1.62. The minimum Gasteiger partial charge on any atom is -0.497 e. The molecule has 3 rings (SSSR count). The zero-order chi connectivity index (χ0) is 13.2. The highest BCUT2D eigenvalue weighted by Crippen LogP contribution is 2.30. The van der Waals surface area contributed by atoms with Gasteiger partial charge in [0, 0.05) is 5.56 Å². The van der Waals surface area contributed by atoms with Gasteiger partial charge in [-0.1, -0.05) is 12.1 Å². The van der Waals surface area contributed by atoms with Gasteiger partial charge in [-0.25, -0.2) is 4.79 Å². The maximum atomic E-state index is 11.9. The standard InChI is InChI=1S/C15H13NO3/c1-18-11-8-6-10(7-9-11)14-16-13-5-3-2-4-12(13)15(17)19-14/h2-9,14,16H,1H3/t14-/m0/s1. The molecule has 1 aliphatic heterocycles. The van der Waals surface area contributed by atoms with Crippen molar-refractivity contribution in [3.8, 4) is 5.75 Å². The number of cyclic esters (lactones) is 1. The molecule has 0 unspecified atom stereocenters. The van der Waals surface area contributed by atoms with Gasteiger partial charge in [-0.2, -0.15) is 0 Å². The minimum atomic E-state index is -0.465. The third-order valence-electron chi connectivity index (χ3n) is 3.08. The van der Waals surface area contributed by atoms with Gasteiger partial charge in [0.25, 0.3) is 0 Å². The van der Waals surface area contributed by atoms with E-state index in [1.54, 1.807) is 13.2 Å². The van der Waals surface area contributed by atoms with Crippen LogP contribution in [-0.2, 0) is 4.74 Å². The Bertz CT molecular complexity index is 607. The van der Waals surface area contributed by atoms with Crippen molar-refractivity contribution in [1.29, 1.82) is 0 Å². The van der Waals surface area contributed by atoms with Crippen LogP contribution < -0.4 is 10.1 Å². The molecule has 4 heteroatoms. The van der Waals surface area contributed by atoms with Crippen LogP contribution in [0.15, 0.2) is 48.5 Å². The Hall–Kier alpha value is -2.49. The molecule has 2 aromatic rings. The molecular weight excluding hydrogens is 242 g/mol. The second kappa shape index (κ2) is 4.65. The summed E-state index contributed by atoms with van der Waals surface area (Å²) in [5, 5.41) is 3.20. The van der Waals surface area contributed by atoms with Crippen molar-refractivity contribution in [3.63, 3.8) is 0 Å². The molecule has 96 valence electrons. The van der Waals surface area contributed by atoms with Crippen LogP contribution in [-0.4, -0.2) is 13.1 Å². The maximum absolute atomic E-state index is 11.9. The Morgan fingerprint density at radius 3 is 2.58 bits per heavy atom. The van der Waals surface area contributed by atoms with Gasteiger partial charge < -0.3 is 14.8 Å². The topological polar surface area (TPSA) is 47.6 Å². The highest BCUT2D eigenvalue weighted by Gasteiger charge is 2.26. The lowest BCUT2D eigenvalue weighted by Gasteiger charge is -2.26. The van der Waals surface area contributed by atoms with Gasteiger partial charge in [-0.15, -0.1) is 0 Å². The quantitative estimate of drug-likeness (QED) is 0.838. The number of benzene rings is 2. The summed E-state index contributed by atoms with van der Waals surface area (Å²) in [6.07, 6.45) is -0.465. The normalized spacial score (nSPS) is 17.1. The van der Waals surface area contributed by atoms with Gasteiger partial charge in [-0.3, -0.25) is 0 Å². The zero-order valence-electron chi connectivity index (χ0n) is 10.4. The number of nitrogens with one attached hydrogen (secondary N) is 1. The fourth-order valence-electron chi connectivity index (χ4n) is 2.06. The second-order valence-corrected chi connectivity index (χ2v) is 4.25. The molecule has 19 heavy (non-hydrogen) atoms. The fraction of sp³-hybridized carbons (Fsp3) is 0.133. The first-order valence-electron chi connectivity index (χ1n) is 5.98. The zero-order valence-corrected chi connectivity index (χ0v) is 10.4. The molecule has 0 amide bonds. The summed E-state index contributed by atoms with van der Waals surface area (Å²) in [5.41, 5.74) is 2.23. The molecule has 0 fully saturated rings. The molecule has 1 N–H and O–H groups in total. The molecule has 0 bridgehead atoms. The van der Waals surface area contributed by atoms with Crippen LogP contribution in [0.1, 0.15) is 22.1 Å². The van der Waals surface area contributed by atoms with E-state index in [2.05, 4.69) is 5.32 Å². The average molecular weight is 255 g/mol. The third kappa shape index (κ3) is 2.12. The molecule has 0 saturated heterocycles. The van der Waals surface area contributed by atoms with E-state index in [4.69, 9.17) is 9.47 Å². The van der Waals surface area contributed by atoms with Crippen LogP contribution in [0.5, 0.6) is 5.75 Å². The van der Waals surface area contributed by atoms with Crippen molar-refractivity contribution < 1.29 is 14.3 Å². The van der Waals surface area contributed by atoms with Gasteiger partial charge >= 0.3 is 5.97 Å². The molecule has 1 aliphatic rings.